The van der Waals surface area contributed by atoms with Gasteiger partial charge in [0, 0.05) is 29.3 Å². The van der Waals surface area contributed by atoms with Crippen LogP contribution in [0.15, 0.2) is 89.8 Å². The molecule has 3 aromatic carbocycles. The number of hydrogen-bond acceptors (Lipinski definition) is 2. The fourth-order valence-electron chi connectivity index (χ4n) is 3.23. The molecule has 0 saturated heterocycles. The Balaban J connectivity index is 0.00000240. The number of aromatic nitrogens is 2. The maximum absolute atomic E-state index is 8.93. The highest BCUT2D eigenvalue weighted by molar-refractivity contribution is 9.10. The van der Waals surface area contributed by atoms with E-state index in [-0.39, 0.29) is 12.4 Å². The van der Waals surface area contributed by atoms with Crippen LogP contribution in [0.25, 0.3) is 11.1 Å². The van der Waals surface area contributed by atoms with Gasteiger partial charge in [-0.3, -0.25) is 0 Å². The number of rotatable bonds is 5. The number of hydrogen-bond donors (Lipinski definition) is 0. The van der Waals surface area contributed by atoms with Gasteiger partial charge in [0.25, 0.3) is 0 Å². The first-order valence-corrected chi connectivity index (χ1v) is 9.84. The number of halogens is 2. The summed E-state index contributed by atoms with van der Waals surface area (Å²) in [5, 5.41) is 8.93. The van der Waals surface area contributed by atoms with Crippen LogP contribution in [0, 0.1) is 11.3 Å². The largest absolute Gasteiger partial charge is 0.330 e. The molecule has 0 radical (unpaired) electrons. The molecule has 3 nitrogen and oxygen atoms in total. The summed E-state index contributed by atoms with van der Waals surface area (Å²) >= 11 is 3.62. The Labute approximate surface area is 185 Å². The van der Waals surface area contributed by atoms with Crippen molar-refractivity contribution >= 4 is 28.3 Å². The molecule has 4 rings (SSSR count). The molecule has 29 heavy (non-hydrogen) atoms. The van der Waals surface area contributed by atoms with E-state index < -0.39 is 0 Å². The van der Waals surface area contributed by atoms with Crippen LogP contribution in [0.4, 0.5) is 0 Å². The molecule has 0 aliphatic rings. The Morgan fingerprint density at radius 2 is 1.59 bits per heavy atom. The zero-order valence-corrected chi connectivity index (χ0v) is 18.0. The average molecular weight is 465 g/mol. The van der Waals surface area contributed by atoms with Gasteiger partial charge in [0.1, 0.15) is 0 Å². The molecule has 4 aromatic rings. The first-order valence-electron chi connectivity index (χ1n) is 9.05. The van der Waals surface area contributed by atoms with Gasteiger partial charge in [0.2, 0.25) is 0 Å². The Hall–Kier alpha value is -2.87. The minimum absolute atomic E-state index is 0. The lowest BCUT2D eigenvalue weighted by molar-refractivity contribution is 0.753. The van der Waals surface area contributed by atoms with Crippen molar-refractivity contribution in [3.63, 3.8) is 0 Å². The summed E-state index contributed by atoms with van der Waals surface area (Å²) in [7, 11) is 0. The van der Waals surface area contributed by atoms with Crippen LogP contribution in [-0.4, -0.2) is 9.55 Å². The highest BCUT2D eigenvalue weighted by Gasteiger charge is 2.06. The molecule has 144 valence electrons. The summed E-state index contributed by atoms with van der Waals surface area (Å²) in [6.45, 7) is 0.780. The molecule has 0 aliphatic heterocycles. The van der Waals surface area contributed by atoms with Crippen LogP contribution in [0.1, 0.15) is 22.4 Å². The SMILES string of the molecule is Cl.N#Cc1ccc(Cc2cncn2Cc2ccc(-c3ccccc3Br)cc2)cc1. The molecule has 1 aromatic heterocycles. The molecule has 0 saturated carbocycles. The lowest BCUT2D eigenvalue weighted by atomic mass is 10.0. The molecule has 0 unspecified atom stereocenters. The molecule has 0 atom stereocenters. The highest BCUT2D eigenvalue weighted by atomic mass is 79.9. The summed E-state index contributed by atoms with van der Waals surface area (Å²) in [5.74, 6) is 0. The van der Waals surface area contributed by atoms with Gasteiger partial charge in [0.15, 0.2) is 0 Å². The summed E-state index contributed by atoms with van der Waals surface area (Å²) in [4.78, 5) is 4.33. The monoisotopic (exact) mass is 463 g/mol. The number of imidazole rings is 1. The second-order valence-electron chi connectivity index (χ2n) is 6.68. The van der Waals surface area contributed by atoms with Crippen LogP contribution >= 0.6 is 28.3 Å². The van der Waals surface area contributed by atoms with E-state index in [0.29, 0.717) is 5.56 Å². The quantitative estimate of drug-likeness (QED) is 0.350. The lowest BCUT2D eigenvalue weighted by Gasteiger charge is -2.10. The fraction of sp³-hybridized carbons (Fsp3) is 0.0833. The minimum Gasteiger partial charge on any atom is -0.330 e. The Morgan fingerprint density at radius 3 is 2.28 bits per heavy atom. The molecule has 0 bridgehead atoms. The number of nitriles is 1. The van der Waals surface area contributed by atoms with Gasteiger partial charge >= 0.3 is 0 Å². The second kappa shape index (κ2) is 9.56. The summed E-state index contributed by atoms with van der Waals surface area (Å²) in [6.07, 6.45) is 4.58. The zero-order chi connectivity index (χ0) is 19.3. The predicted octanol–water partition coefficient (Wildman–Crippen LogP) is 6.25. The molecular formula is C24H19BrClN3. The van der Waals surface area contributed by atoms with Crippen molar-refractivity contribution in [2.24, 2.45) is 0 Å². The third kappa shape index (κ3) is 4.95. The van der Waals surface area contributed by atoms with Crippen molar-refractivity contribution < 1.29 is 0 Å². The van der Waals surface area contributed by atoms with Gasteiger partial charge in [-0.1, -0.05) is 70.5 Å². The second-order valence-corrected chi connectivity index (χ2v) is 7.53. The van der Waals surface area contributed by atoms with Crippen molar-refractivity contribution in [3.05, 3.63) is 112 Å². The van der Waals surface area contributed by atoms with E-state index in [1.807, 2.05) is 42.9 Å². The molecule has 0 amide bonds. The predicted molar refractivity (Wildman–Crippen MR) is 122 cm³/mol. The average Bonchev–Trinajstić information content (AvgIpc) is 3.16. The normalized spacial score (nSPS) is 10.2. The molecule has 0 N–H and O–H groups in total. The van der Waals surface area contributed by atoms with Gasteiger partial charge in [-0.15, -0.1) is 12.4 Å². The first-order chi connectivity index (χ1) is 13.7. The standard InChI is InChI=1S/C24H18BrN3.ClH/c25-24-4-2-1-3-23(24)21-11-9-20(10-12-21)16-28-17-27-15-22(28)13-18-5-7-19(14-26)8-6-18;/h1-12,15,17H,13,16H2;1H. The summed E-state index contributed by atoms with van der Waals surface area (Å²) in [5.41, 5.74) is 6.62. The topological polar surface area (TPSA) is 41.6 Å². The Kier molecular flexibility index (Phi) is 6.87. The van der Waals surface area contributed by atoms with Crippen molar-refractivity contribution in [2.75, 3.05) is 0 Å². The van der Waals surface area contributed by atoms with E-state index in [9.17, 15) is 0 Å². The van der Waals surface area contributed by atoms with E-state index >= 15 is 0 Å². The molecule has 0 fully saturated rings. The van der Waals surface area contributed by atoms with E-state index in [1.54, 1.807) is 0 Å². The maximum Gasteiger partial charge on any atom is 0.0991 e. The van der Waals surface area contributed by atoms with Gasteiger partial charge in [0.05, 0.1) is 18.0 Å². The highest BCUT2D eigenvalue weighted by Crippen LogP contribution is 2.28. The van der Waals surface area contributed by atoms with E-state index in [1.165, 1.54) is 22.3 Å². The number of benzene rings is 3. The van der Waals surface area contributed by atoms with Crippen LogP contribution in [-0.2, 0) is 13.0 Å². The van der Waals surface area contributed by atoms with Gasteiger partial charge in [-0.25, -0.2) is 4.98 Å². The fourth-order valence-corrected chi connectivity index (χ4v) is 3.74. The van der Waals surface area contributed by atoms with Crippen molar-refractivity contribution in [1.29, 1.82) is 5.26 Å². The number of nitrogens with zero attached hydrogens (tertiary/aromatic N) is 3. The summed E-state index contributed by atoms with van der Waals surface area (Å²) in [6, 6.07) is 26.8. The zero-order valence-electron chi connectivity index (χ0n) is 15.6. The van der Waals surface area contributed by atoms with E-state index in [4.69, 9.17) is 5.26 Å². The van der Waals surface area contributed by atoms with E-state index in [0.717, 1.165) is 23.1 Å². The van der Waals surface area contributed by atoms with Crippen LogP contribution in [0.2, 0.25) is 0 Å². The Bertz CT molecular complexity index is 1130. The smallest absolute Gasteiger partial charge is 0.0991 e. The minimum atomic E-state index is 0. The first kappa shape index (κ1) is 20.9. The third-order valence-corrected chi connectivity index (χ3v) is 5.45. The van der Waals surface area contributed by atoms with Crippen LogP contribution < -0.4 is 0 Å². The van der Waals surface area contributed by atoms with Crippen LogP contribution in [0.3, 0.4) is 0 Å². The van der Waals surface area contributed by atoms with Gasteiger partial charge in [-0.05, 0) is 40.5 Å². The molecule has 0 spiro atoms. The third-order valence-electron chi connectivity index (χ3n) is 4.76. The lowest BCUT2D eigenvalue weighted by Crippen LogP contribution is -2.04. The van der Waals surface area contributed by atoms with Crippen molar-refractivity contribution in [2.45, 2.75) is 13.0 Å². The van der Waals surface area contributed by atoms with E-state index in [2.05, 4.69) is 74.0 Å². The molecular weight excluding hydrogens is 446 g/mol. The van der Waals surface area contributed by atoms with Crippen molar-refractivity contribution in [3.8, 4) is 17.2 Å². The van der Waals surface area contributed by atoms with Gasteiger partial charge < -0.3 is 4.57 Å². The molecule has 0 aliphatic carbocycles. The van der Waals surface area contributed by atoms with Crippen LogP contribution in [0.5, 0.6) is 0 Å². The summed E-state index contributed by atoms with van der Waals surface area (Å²) < 4.78 is 3.27. The van der Waals surface area contributed by atoms with Gasteiger partial charge in [-0.2, -0.15) is 5.26 Å². The maximum atomic E-state index is 8.93. The molecule has 1 heterocycles. The Morgan fingerprint density at radius 1 is 0.897 bits per heavy atom. The van der Waals surface area contributed by atoms with Crippen molar-refractivity contribution in [1.82, 2.24) is 9.55 Å². The molecule has 5 heteroatoms.